The van der Waals surface area contributed by atoms with Gasteiger partial charge in [0.1, 0.15) is 17.2 Å². The Balaban J connectivity index is 1.47. The number of imidazole rings is 1. The molecule has 0 unspecified atom stereocenters. The number of nitrogens with zero attached hydrogens (tertiary/aromatic N) is 3. The van der Waals surface area contributed by atoms with Crippen LogP contribution in [0.2, 0.25) is 0 Å². The summed E-state index contributed by atoms with van der Waals surface area (Å²) in [6.07, 6.45) is 2.83. The molecule has 1 aliphatic rings. The number of amides is 1. The smallest absolute Gasteiger partial charge is 0.290 e. The highest BCUT2D eigenvalue weighted by Crippen LogP contribution is 2.30. The van der Waals surface area contributed by atoms with Crippen molar-refractivity contribution < 1.29 is 14.0 Å². The number of hydrogen-bond acceptors (Lipinski definition) is 4. The SMILES string of the molecule is O=C1/C(=N\NC(=O)c2cncn2-c2ccc(F)cc2)c2cccc3cccc1c23. The van der Waals surface area contributed by atoms with Crippen molar-refractivity contribution in [3.63, 3.8) is 0 Å². The molecule has 0 atom stereocenters. The molecule has 0 spiro atoms. The van der Waals surface area contributed by atoms with Crippen LogP contribution in [0.5, 0.6) is 0 Å². The Morgan fingerprint density at radius 1 is 1.00 bits per heavy atom. The number of carbonyl (C=O) groups is 2. The van der Waals surface area contributed by atoms with Gasteiger partial charge >= 0.3 is 0 Å². The highest BCUT2D eigenvalue weighted by Gasteiger charge is 2.29. The van der Waals surface area contributed by atoms with Gasteiger partial charge in [-0.15, -0.1) is 0 Å². The summed E-state index contributed by atoms with van der Waals surface area (Å²) in [7, 11) is 0. The molecule has 3 aromatic carbocycles. The second kappa shape index (κ2) is 6.49. The summed E-state index contributed by atoms with van der Waals surface area (Å²) in [5, 5.41) is 5.90. The minimum absolute atomic E-state index is 0.193. The number of rotatable bonds is 3. The van der Waals surface area contributed by atoms with E-state index in [1.165, 1.54) is 41.4 Å². The number of aromatic nitrogens is 2. The number of Topliss-reactive ketones (excluding diaryl/α,β-unsaturated/α-hetero) is 1. The fourth-order valence-electron chi connectivity index (χ4n) is 3.52. The monoisotopic (exact) mass is 384 g/mol. The maximum atomic E-state index is 13.2. The predicted molar refractivity (Wildman–Crippen MR) is 106 cm³/mol. The average Bonchev–Trinajstić information content (AvgIpc) is 3.33. The number of hydrogen-bond donors (Lipinski definition) is 1. The van der Waals surface area contributed by atoms with Crippen molar-refractivity contribution in [2.45, 2.75) is 0 Å². The van der Waals surface area contributed by atoms with Gasteiger partial charge in [0, 0.05) is 22.2 Å². The summed E-state index contributed by atoms with van der Waals surface area (Å²) in [6.45, 7) is 0. The molecule has 0 radical (unpaired) electrons. The molecule has 0 saturated heterocycles. The van der Waals surface area contributed by atoms with Gasteiger partial charge in [-0.25, -0.2) is 14.8 Å². The number of halogens is 1. The Kier molecular flexibility index (Phi) is 3.80. The molecule has 1 aliphatic carbocycles. The lowest BCUT2D eigenvalue weighted by Gasteiger charge is -2.07. The summed E-state index contributed by atoms with van der Waals surface area (Å²) in [5.74, 6) is -1.14. The van der Waals surface area contributed by atoms with Crippen LogP contribution in [0.3, 0.4) is 0 Å². The Morgan fingerprint density at radius 3 is 2.48 bits per heavy atom. The fourth-order valence-corrected chi connectivity index (χ4v) is 3.52. The Morgan fingerprint density at radius 2 is 1.72 bits per heavy atom. The lowest BCUT2D eigenvalue weighted by molar-refractivity contribution is 0.0948. The summed E-state index contributed by atoms with van der Waals surface area (Å²) >= 11 is 0. The van der Waals surface area contributed by atoms with E-state index in [1.807, 2.05) is 30.3 Å². The molecule has 0 aliphatic heterocycles. The normalized spacial score (nSPS) is 14.0. The third kappa shape index (κ3) is 2.71. The third-order valence-electron chi connectivity index (χ3n) is 4.86. The van der Waals surface area contributed by atoms with E-state index in [9.17, 15) is 14.0 Å². The maximum absolute atomic E-state index is 13.2. The van der Waals surface area contributed by atoms with Crippen LogP contribution in [-0.4, -0.2) is 27.0 Å². The minimum atomic E-state index is -0.532. The maximum Gasteiger partial charge on any atom is 0.290 e. The van der Waals surface area contributed by atoms with Gasteiger partial charge in [-0.3, -0.25) is 14.2 Å². The molecule has 5 rings (SSSR count). The van der Waals surface area contributed by atoms with E-state index >= 15 is 0 Å². The summed E-state index contributed by atoms with van der Waals surface area (Å²) in [6, 6.07) is 16.8. The van der Waals surface area contributed by atoms with Crippen LogP contribution in [0, 0.1) is 5.82 Å². The highest BCUT2D eigenvalue weighted by molar-refractivity contribution is 6.59. The topological polar surface area (TPSA) is 76.3 Å². The van der Waals surface area contributed by atoms with E-state index < -0.39 is 5.91 Å². The zero-order chi connectivity index (χ0) is 20.0. The van der Waals surface area contributed by atoms with Crippen molar-refractivity contribution in [3.8, 4) is 5.69 Å². The van der Waals surface area contributed by atoms with Gasteiger partial charge in [0.15, 0.2) is 0 Å². The number of nitrogens with one attached hydrogen (secondary N) is 1. The summed E-state index contributed by atoms with van der Waals surface area (Å²) < 4.78 is 14.7. The van der Waals surface area contributed by atoms with E-state index in [2.05, 4.69) is 15.5 Å². The number of ketones is 1. The quantitative estimate of drug-likeness (QED) is 0.550. The van der Waals surface area contributed by atoms with Crippen LogP contribution in [0.15, 0.2) is 78.3 Å². The first-order chi connectivity index (χ1) is 14.1. The minimum Gasteiger partial charge on any atom is -0.295 e. The highest BCUT2D eigenvalue weighted by atomic mass is 19.1. The molecule has 140 valence electrons. The number of carbonyl (C=O) groups excluding carboxylic acids is 2. The third-order valence-corrected chi connectivity index (χ3v) is 4.86. The largest absolute Gasteiger partial charge is 0.295 e. The molecule has 0 fully saturated rings. The Bertz CT molecular complexity index is 1320. The van der Waals surface area contributed by atoms with Crippen molar-refractivity contribution in [2.24, 2.45) is 5.10 Å². The molecule has 7 heteroatoms. The molecule has 1 aromatic heterocycles. The molecule has 1 amide bonds. The second-order valence-corrected chi connectivity index (χ2v) is 6.57. The van der Waals surface area contributed by atoms with Crippen molar-refractivity contribution in [2.75, 3.05) is 0 Å². The van der Waals surface area contributed by atoms with Crippen LogP contribution in [0.25, 0.3) is 16.5 Å². The van der Waals surface area contributed by atoms with Gasteiger partial charge in [-0.05, 0) is 29.7 Å². The van der Waals surface area contributed by atoms with Gasteiger partial charge in [0.25, 0.3) is 5.91 Å². The molecular weight excluding hydrogens is 371 g/mol. The first kappa shape index (κ1) is 17.0. The molecular formula is C22H13FN4O2. The summed E-state index contributed by atoms with van der Waals surface area (Å²) in [5.41, 5.74) is 4.69. The van der Waals surface area contributed by atoms with E-state index in [-0.39, 0.29) is 23.0 Å². The molecule has 0 bridgehead atoms. The number of benzene rings is 3. The Labute approximate surface area is 164 Å². The number of hydrazone groups is 1. The molecule has 0 saturated carbocycles. The zero-order valence-electron chi connectivity index (χ0n) is 15.0. The zero-order valence-corrected chi connectivity index (χ0v) is 15.0. The van der Waals surface area contributed by atoms with Crippen molar-refractivity contribution in [1.29, 1.82) is 0 Å². The van der Waals surface area contributed by atoms with Crippen LogP contribution in [0.4, 0.5) is 4.39 Å². The van der Waals surface area contributed by atoms with E-state index in [0.29, 0.717) is 16.8 Å². The molecule has 1 heterocycles. The van der Waals surface area contributed by atoms with E-state index in [4.69, 9.17) is 0 Å². The van der Waals surface area contributed by atoms with Crippen molar-refractivity contribution in [3.05, 3.63) is 95.8 Å². The fraction of sp³-hybridized carbons (Fsp3) is 0. The van der Waals surface area contributed by atoms with Gasteiger partial charge in [0.05, 0.1) is 12.5 Å². The first-order valence-electron chi connectivity index (χ1n) is 8.86. The van der Waals surface area contributed by atoms with Crippen molar-refractivity contribution in [1.82, 2.24) is 15.0 Å². The van der Waals surface area contributed by atoms with Gasteiger partial charge in [0.2, 0.25) is 5.78 Å². The summed E-state index contributed by atoms with van der Waals surface area (Å²) in [4.78, 5) is 29.4. The second-order valence-electron chi connectivity index (χ2n) is 6.57. The van der Waals surface area contributed by atoms with Crippen LogP contribution >= 0.6 is 0 Å². The molecule has 4 aromatic rings. The molecule has 1 N–H and O–H groups in total. The average molecular weight is 384 g/mol. The standard InChI is InChI=1S/C22H13FN4O2/c23-14-7-9-15(10-8-14)27-12-24-11-18(27)22(29)26-25-20-16-5-1-3-13-4-2-6-17(19(13)16)21(20)28/h1-12H,(H,26,29)/b25-20-. The van der Waals surface area contributed by atoms with Gasteiger partial charge in [-0.2, -0.15) is 5.10 Å². The van der Waals surface area contributed by atoms with Crippen LogP contribution in [-0.2, 0) is 0 Å². The first-order valence-corrected chi connectivity index (χ1v) is 8.86. The molecule has 29 heavy (non-hydrogen) atoms. The van der Waals surface area contributed by atoms with Crippen LogP contribution in [0.1, 0.15) is 26.4 Å². The van der Waals surface area contributed by atoms with Crippen LogP contribution < -0.4 is 5.43 Å². The van der Waals surface area contributed by atoms with Crippen molar-refractivity contribution >= 4 is 28.2 Å². The van der Waals surface area contributed by atoms with Gasteiger partial charge in [-0.1, -0.05) is 36.4 Å². The van der Waals surface area contributed by atoms with Gasteiger partial charge < -0.3 is 0 Å². The van der Waals surface area contributed by atoms with E-state index in [1.54, 1.807) is 6.07 Å². The Hall–Kier alpha value is -4.13. The van der Waals surface area contributed by atoms with E-state index in [0.717, 1.165) is 10.8 Å². The predicted octanol–water partition coefficient (Wildman–Crippen LogP) is 3.50. The lowest BCUT2D eigenvalue weighted by atomic mass is 10.1. The molecule has 6 nitrogen and oxygen atoms in total. The lowest BCUT2D eigenvalue weighted by Crippen LogP contribution is -2.24.